The highest BCUT2D eigenvalue weighted by atomic mass is 16.5. The Labute approximate surface area is 139 Å². The number of aromatic nitrogens is 2. The van der Waals surface area contributed by atoms with Gasteiger partial charge in [-0.2, -0.15) is 4.98 Å². The van der Waals surface area contributed by atoms with Gasteiger partial charge >= 0.3 is 0 Å². The summed E-state index contributed by atoms with van der Waals surface area (Å²) in [5.41, 5.74) is 2.09. The average molecular weight is 323 g/mol. The van der Waals surface area contributed by atoms with E-state index in [-0.39, 0.29) is 11.8 Å². The number of carbonyl (C=O) groups excluding carboxylic acids is 1. The molecular weight excluding hydrogens is 306 g/mol. The van der Waals surface area contributed by atoms with E-state index in [1.54, 1.807) is 11.2 Å². The third-order valence-corrected chi connectivity index (χ3v) is 4.24. The van der Waals surface area contributed by atoms with Crippen molar-refractivity contribution >= 4 is 5.91 Å². The van der Waals surface area contributed by atoms with Gasteiger partial charge in [0.15, 0.2) is 0 Å². The largest absolute Gasteiger partial charge is 0.467 e. The van der Waals surface area contributed by atoms with E-state index < -0.39 is 0 Å². The summed E-state index contributed by atoms with van der Waals surface area (Å²) in [6, 6.07) is 11.6. The molecule has 3 heterocycles. The molecule has 2 aromatic heterocycles. The normalized spacial score (nSPS) is 17.6. The highest BCUT2D eigenvalue weighted by molar-refractivity contribution is 5.79. The van der Waals surface area contributed by atoms with Crippen LogP contribution in [0.15, 0.2) is 51.6 Å². The Morgan fingerprint density at radius 2 is 2.08 bits per heavy atom. The van der Waals surface area contributed by atoms with Crippen molar-refractivity contribution in [2.45, 2.75) is 25.8 Å². The number of rotatable bonds is 4. The summed E-state index contributed by atoms with van der Waals surface area (Å²) in [6.45, 7) is 3.07. The molecule has 1 amide bonds. The van der Waals surface area contributed by atoms with Crippen LogP contribution in [0.1, 0.15) is 29.6 Å². The molecule has 1 fully saturated rings. The summed E-state index contributed by atoms with van der Waals surface area (Å²) in [7, 11) is 0. The Balaban J connectivity index is 1.49. The van der Waals surface area contributed by atoms with Crippen LogP contribution in [0, 0.1) is 6.92 Å². The van der Waals surface area contributed by atoms with E-state index in [0.29, 0.717) is 31.2 Å². The zero-order chi connectivity index (χ0) is 16.5. The standard InChI is InChI=1S/C18H17N3O3/c1-12-4-6-13(7-5-12)17-19-18(24-20-17)14-9-16(22)21(10-14)11-15-3-2-8-23-15/h2-8,14H,9-11H2,1H3. The van der Waals surface area contributed by atoms with Gasteiger partial charge in [-0.25, -0.2) is 0 Å². The van der Waals surface area contributed by atoms with Crippen LogP contribution in [0.25, 0.3) is 11.4 Å². The molecule has 4 rings (SSSR count). The van der Waals surface area contributed by atoms with Gasteiger partial charge in [0.05, 0.1) is 18.7 Å². The lowest BCUT2D eigenvalue weighted by Gasteiger charge is -2.13. The number of hydrogen-bond donors (Lipinski definition) is 0. The van der Waals surface area contributed by atoms with Gasteiger partial charge in [-0.1, -0.05) is 35.0 Å². The van der Waals surface area contributed by atoms with E-state index in [0.717, 1.165) is 11.3 Å². The van der Waals surface area contributed by atoms with Gasteiger partial charge in [0.1, 0.15) is 5.76 Å². The molecule has 0 radical (unpaired) electrons. The third-order valence-electron chi connectivity index (χ3n) is 4.24. The van der Waals surface area contributed by atoms with E-state index in [1.807, 2.05) is 43.3 Å². The van der Waals surface area contributed by atoms with Gasteiger partial charge in [0, 0.05) is 18.5 Å². The fourth-order valence-electron chi connectivity index (χ4n) is 2.90. The molecule has 0 N–H and O–H groups in total. The van der Waals surface area contributed by atoms with Crippen LogP contribution in [-0.4, -0.2) is 27.5 Å². The number of furan rings is 1. The van der Waals surface area contributed by atoms with Gasteiger partial charge in [-0.15, -0.1) is 0 Å². The molecular formula is C18H17N3O3. The van der Waals surface area contributed by atoms with Crippen molar-refractivity contribution in [3.05, 3.63) is 59.9 Å². The molecule has 6 nitrogen and oxygen atoms in total. The molecule has 1 aromatic carbocycles. The van der Waals surface area contributed by atoms with Crippen LogP contribution in [0.5, 0.6) is 0 Å². The smallest absolute Gasteiger partial charge is 0.232 e. The number of carbonyl (C=O) groups is 1. The first-order valence-electron chi connectivity index (χ1n) is 7.90. The van der Waals surface area contributed by atoms with E-state index in [4.69, 9.17) is 8.94 Å². The Bertz CT molecular complexity index is 837. The van der Waals surface area contributed by atoms with Gasteiger partial charge in [-0.3, -0.25) is 4.79 Å². The van der Waals surface area contributed by atoms with Crippen LogP contribution in [-0.2, 0) is 11.3 Å². The van der Waals surface area contributed by atoms with Crippen molar-refractivity contribution in [2.24, 2.45) is 0 Å². The summed E-state index contributed by atoms with van der Waals surface area (Å²) < 4.78 is 10.7. The summed E-state index contributed by atoms with van der Waals surface area (Å²) in [5, 5.41) is 4.05. The van der Waals surface area contributed by atoms with Crippen molar-refractivity contribution < 1.29 is 13.7 Å². The monoisotopic (exact) mass is 323 g/mol. The molecule has 1 aliphatic rings. The van der Waals surface area contributed by atoms with E-state index in [1.165, 1.54) is 5.56 Å². The van der Waals surface area contributed by atoms with Gasteiger partial charge in [-0.05, 0) is 19.1 Å². The molecule has 1 saturated heterocycles. The minimum atomic E-state index is -0.0702. The Morgan fingerprint density at radius 3 is 2.83 bits per heavy atom. The average Bonchev–Trinajstić information content (AvgIpc) is 3.31. The molecule has 24 heavy (non-hydrogen) atoms. The topological polar surface area (TPSA) is 72.4 Å². The van der Waals surface area contributed by atoms with E-state index in [2.05, 4.69) is 10.1 Å². The number of hydrogen-bond acceptors (Lipinski definition) is 5. The van der Waals surface area contributed by atoms with Crippen molar-refractivity contribution in [3.8, 4) is 11.4 Å². The Hall–Kier alpha value is -2.89. The van der Waals surface area contributed by atoms with Crippen LogP contribution < -0.4 is 0 Å². The highest BCUT2D eigenvalue weighted by Crippen LogP contribution is 2.29. The third kappa shape index (κ3) is 2.82. The second kappa shape index (κ2) is 5.96. The predicted octanol–water partition coefficient (Wildman–Crippen LogP) is 3.15. The lowest BCUT2D eigenvalue weighted by atomic mass is 10.1. The number of nitrogens with zero attached hydrogens (tertiary/aromatic N) is 3. The molecule has 1 atom stereocenters. The maximum atomic E-state index is 12.2. The number of likely N-dealkylation sites (tertiary alicyclic amines) is 1. The lowest BCUT2D eigenvalue weighted by Crippen LogP contribution is -2.24. The van der Waals surface area contributed by atoms with Crippen molar-refractivity contribution in [2.75, 3.05) is 6.54 Å². The number of benzene rings is 1. The second-order valence-electron chi connectivity index (χ2n) is 6.08. The van der Waals surface area contributed by atoms with Crippen LogP contribution in [0.2, 0.25) is 0 Å². The maximum absolute atomic E-state index is 12.2. The van der Waals surface area contributed by atoms with Gasteiger partial charge < -0.3 is 13.8 Å². The summed E-state index contributed by atoms with van der Waals surface area (Å²) >= 11 is 0. The zero-order valence-corrected chi connectivity index (χ0v) is 13.3. The predicted molar refractivity (Wildman–Crippen MR) is 86.0 cm³/mol. The molecule has 0 bridgehead atoms. The van der Waals surface area contributed by atoms with Crippen LogP contribution >= 0.6 is 0 Å². The van der Waals surface area contributed by atoms with Crippen LogP contribution in [0.3, 0.4) is 0 Å². The van der Waals surface area contributed by atoms with E-state index >= 15 is 0 Å². The molecule has 3 aromatic rings. The summed E-state index contributed by atoms with van der Waals surface area (Å²) in [5.74, 6) is 1.85. The maximum Gasteiger partial charge on any atom is 0.232 e. The minimum Gasteiger partial charge on any atom is -0.467 e. The number of amides is 1. The Morgan fingerprint density at radius 1 is 1.25 bits per heavy atom. The molecule has 1 aliphatic heterocycles. The summed E-state index contributed by atoms with van der Waals surface area (Å²) in [4.78, 5) is 18.4. The fourth-order valence-corrected chi connectivity index (χ4v) is 2.90. The molecule has 0 aliphatic carbocycles. The van der Waals surface area contributed by atoms with E-state index in [9.17, 15) is 4.79 Å². The SMILES string of the molecule is Cc1ccc(-c2noc(C3CC(=O)N(Cc4ccco4)C3)n2)cc1. The molecule has 0 saturated carbocycles. The molecule has 0 spiro atoms. The first kappa shape index (κ1) is 14.7. The highest BCUT2D eigenvalue weighted by Gasteiger charge is 2.34. The zero-order valence-electron chi connectivity index (χ0n) is 13.3. The first-order valence-corrected chi connectivity index (χ1v) is 7.90. The van der Waals surface area contributed by atoms with Crippen LogP contribution in [0.4, 0.5) is 0 Å². The Kier molecular flexibility index (Phi) is 3.65. The van der Waals surface area contributed by atoms with Gasteiger partial charge in [0.25, 0.3) is 0 Å². The summed E-state index contributed by atoms with van der Waals surface area (Å²) in [6.07, 6.45) is 2.00. The quantitative estimate of drug-likeness (QED) is 0.737. The molecule has 122 valence electrons. The van der Waals surface area contributed by atoms with Crippen molar-refractivity contribution in [1.82, 2.24) is 15.0 Å². The van der Waals surface area contributed by atoms with Crippen molar-refractivity contribution in [3.63, 3.8) is 0 Å². The number of aryl methyl sites for hydroxylation is 1. The molecule has 1 unspecified atom stereocenters. The minimum absolute atomic E-state index is 0.0702. The fraction of sp³-hybridized carbons (Fsp3) is 0.278. The van der Waals surface area contributed by atoms with Gasteiger partial charge in [0.2, 0.25) is 17.6 Å². The second-order valence-corrected chi connectivity index (χ2v) is 6.08. The first-order chi connectivity index (χ1) is 11.7. The van der Waals surface area contributed by atoms with Crippen molar-refractivity contribution in [1.29, 1.82) is 0 Å². The lowest BCUT2D eigenvalue weighted by molar-refractivity contribution is -0.128. The molecule has 6 heteroatoms.